The number of aryl methyl sites for hydroxylation is 1. The van der Waals surface area contributed by atoms with E-state index in [9.17, 15) is 9.59 Å². The van der Waals surface area contributed by atoms with Crippen molar-refractivity contribution in [3.63, 3.8) is 0 Å². The predicted octanol–water partition coefficient (Wildman–Crippen LogP) is 4.31. The van der Waals surface area contributed by atoms with Crippen LogP contribution >= 0.6 is 0 Å². The number of rotatable bonds is 5. The number of hydrogen-bond donors (Lipinski definition) is 0. The molecule has 2 fully saturated rings. The Morgan fingerprint density at radius 2 is 1.57 bits per heavy atom. The van der Waals surface area contributed by atoms with Gasteiger partial charge >= 0.3 is 0 Å². The highest BCUT2D eigenvalue weighted by molar-refractivity contribution is 5.85. The lowest BCUT2D eigenvalue weighted by atomic mass is 9.71. The summed E-state index contributed by atoms with van der Waals surface area (Å²) in [5, 5.41) is 0. The molecule has 0 unspecified atom stereocenters. The monoisotopic (exact) mass is 404 g/mol. The van der Waals surface area contributed by atoms with Crippen molar-refractivity contribution in [2.75, 3.05) is 27.2 Å². The predicted molar refractivity (Wildman–Crippen MR) is 120 cm³/mol. The fourth-order valence-corrected chi connectivity index (χ4v) is 4.86. The van der Waals surface area contributed by atoms with E-state index in [-0.39, 0.29) is 11.8 Å². The Kier molecular flexibility index (Phi) is 5.68. The Hall–Kier alpha value is -2.62. The molecule has 0 N–H and O–H groups in total. The molecule has 2 aliphatic rings. The molecule has 1 heterocycles. The van der Waals surface area contributed by atoms with Crippen LogP contribution in [0.5, 0.6) is 0 Å². The topological polar surface area (TPSA) is 40.6 Å². The Morgan fingerprint density at radius 1 is 0.967 bits per heavy atom. The highest BCUT2D eigenvalue weighted by Gasteiger charge is 2.45. The number of nitrogens with zero attached hydrogens (tertiary/aromatic N) is 2. The van der Waals surface area contributed by atoms with Crippen molar-refractivity contribution in [2.24, 2.45) is 11.3 Å². The Bertz CT molecular complexity index is 938. The van der Waals surface area contributed by atoms with Gasteiger partial charge < -0.3 is 9.80 Å². The Labute approximate surface area is 179 Å². The van der Waals surface area contributed by atoms with E-state index in [2.05, 4.69) is 55.5 Å². The first-order valence-corrected chi connectivity index (χ1v) is 11.1. The van der Waals surface area contributed by atoms with Crippen molar-refractivity contribution in [1.82, 2.24) is 9.80 Å². The van der Waals surface area contributed by atoms with Gasteiger partial charge in [-0.15, -0.1) is 0 Å². The van der Waals surface area contributed by atoms with Gasteiger partial charge in [0.2, 0.25) is 11.8 Å². The molecule has 0 aromatic heterocycles. The zero-order valence-corrected chi connectivity index (χ0v) is 18.4. The van der Waals surface area contributed by atoms with Crippen LogP contribution in [0.25, 0.3) is 11.1 Å². The molecule has 4 rings (SSSR count). The molecule has 4 heteroatoms. The standard InChI is InChI=1S/C26H32N2O2/c1-19-8-4-6-10-22(19)23-11-7-5-9-21(23)18-26(25(30)27(2)3)14-16-28(17-15-26)24(29)20-12-13-20/h4-11,20H,12-18H2,1-3H3. The maximum Gasteiger partial charge on any atom is 0.228 e. The second-order valence-electron chi connectivity index (χ2n) is 9.23. The maximum atomic E-state index is 13.4. The van der Waals surface area contributed by atoms with Gasteiger partial charge in [0.05, 0.1) is 5.41 Å². The van der Waals surface area contributed by atoms with Gasteiger partial charge in [-0.1, -0.05) is 48.5 Å². The summed E-state index contributed by atoms with van der Waals surface area (Å²) >= 11 is 0. The summed E-state index contributed by atoms with van der Waals surface area (Å²) in [5.74, 6) is 0.714. The molecule has 0 atom stereocenters. The van der Waals surface area contributed by atoms with Crippen LogP contribution in [-0.4, -0.2) is 48.8 Å². The average molecular weight is 405 g/mol. The summed E-state index contributed by atoms with van der Waals surface area (Å²) in [6, 6.07) is 16.9. The smallest absolute Gasteiger partial charge is 0.228 e. The lowest BCUT2D eigenvalue weighted by molar-refractivity contribution is -0.146. The zero-order valence-electron chi connectivity index (χ0n) is 18.4. The number of amides is 2. The normalized spacial score (nSPS) is 18.2. The number of carbonyl (C=O) groups excluding carboxylic acids is 2. The van der Waals surface area contributed by atoms with Crippen molar-refractivity contribution >= 4 is 11.8 Å². The van der Waals surface area contributed by atoms with Gasteiger partial charge in [-0.25, -0.2) is 0 Å². The van der Waals surface area contributed by atoms with Gasteiger partial charge in [0.25, 0.3) is 0 Å². The third-order valence-corrected chi connectivity index (χ3v) is 6.80. The fraction of sp³-hybridized carbons (Fsp3) is 0.462. The van der Waals surface area contributed by atoms with Crippen LogP contribution < -0.4 is 0 Å². The van der Waals surface area contributed by atoms with Crippen LogP contribution in [0.4, 0.5) is 0 Å². The van der Waals surface area contributed by atoms with E-state index in [4.69, 9.17) is 0 Å². The van der Waals surface area contributed by atoms with Crippen molar-refractivity contribution in [1.29, 1.82) is 0 Å². The van der Waals surface area contributed by atoms with E-state index in [1.807, 2.05) is 19.0 Å². The van der Waals surface area contributed by atoms with Gasteiger partial charge in [-0.2, -0.15) is 0 Å². The highest BCUT2D eigenvalue weighted by Crippen LogP contribution is 2.41. The van der Waals surface area contributed by atoms with Crippen LogP contribution in [0.3, 0.4) is 0 Å². The van der Waals surface area contributed by atoms with E-state index >= 15 is 0 Å². The van der Waals surface area contributed by atoms with Crippen LogP contribution in [0, 0.1) is 18.3 Å². The van der Waals surface area contributed by atoms with E-state index in [0.29, 0.717) is 25.4 Å². The minimum Gasteiger partial charge on any atom is -0.348 e. The van der Waals surface area contributed by atoms with Gasteiger partial charge in [-0.05, 0) is 61.3 Å². The third kappa shape index (κ3) is 4.00. The van der Waals surface area contributed by atoms with Gasteiger partial charge in [0.15, 0.2) is 0 Å². The lowest BCUT2D eigenvalue weighted by Crippen LogP contribution is -2.51. The molecular weight excluding hydrogens is 372 g/mol. The van der Waals surface area contributed by atoms with Gasteiger partial charge in [-0.3, -0.25) is 9.59 Å². The van der Waals surface area contributed by atoms with Gasteiger partial charge in [0.1, 0.15) is 0 Å². The summed E-state index contributed by atoms with van der Waals surface area (Å²) in [5.41, 5.74) is 4.43. The molecule has 2 aromatic carbocycles. The Morgan fingerprint density at radius 3 is 2.17 bits per heavy atom. The molecule has 0 radical (unpaired) electrons. The Balaban J connectivity index is 1.64. The number of likely N-dealkylation sites (tertiary alicyclic amines) is 1. The molecular formula is C26H32N2O2. The summed E-state index contributed by atoms with van der Waals surface area (Å²) < 4.78 is 0. The number of benzene rings is 2. The van der Waals surface area contributed by atoms with E-state index in [1.165, 1.54) is 22.3 Å². The van der Waals surface area contributed by atoms with Crippen LogP contribution in [-0.2, 0) is 16.0 Å². The molecule has 30 heavy (non-hydrogen) atoms. The molecule has 0 bridgehead atoms. The summed E-state index contributed by atoms with van der Waals surface area (Å²) in [6.07, 6.45) is 4.22. The number of carbonyl (C=O) groups is 2. The van der Waals surface area contributed by atoms with E-state index in [1.54, 1.807) is 4.90 Å². The quantitative estimate of drug-likeness (QED) is 0.745. The molecule has 1 aliphatic carbocycles. The van der Waals surface area contributed by atoms with Crippen LogP contribution in [0.2, 0.25) is 0 Å². The average Bonchev–Trinajstić information content (AvgIpc) is 3.59. The maximum absolute atomic E-state index is 13.4. The fourth-order valence-electron chi connectivity index (χ4n) is 4.86. The minimum atomic E-state index is -0.456. The van der Waals surface area contributed by atoms with E-state index in [0.717, 1.165) is 25.7 Å². The first kappa shape index (κ1) is 20.6. The van der Waals surface area contributed by atoms with Crippen molar-refractivity contribution in [3.05, 3.63) is 59.7 Å². The molecule has 1 aliphatic heterocycles. The molecule has 158 valence electrons. The highest BCUT2D eigenvalue weighted by atomic mass is 16.2. The molecule has 1 saturated heterocycles. The summed E-state index contributed by atoms with van der Waals surface area (Å²) in [4.78, 5) is 29.6. The van der Waals surface area contributed by atoms with Crippen molar-refractivity contribution < 1.29 is 9.59 Å². The van der Waals surface area contributed by atoms with Gasteiger partial charge in [0, 0.05) is 33.1 Å². The molecule has 2 amide bonds. The second-order valence-corrected chi connectivity index (χ2v) is 9.23. The van der Waals surface area contributed by atoms with Crippen molar-refractivity contribution in [2.45, 2.75) is 39.0 Å². The van der Waals surface area contributed by atoms with E-state index < -0.39 is 5.41 Å². The first-order chi connectivity index (χ1) is 14.4. The minimum absolute atomic E-state index is 0.181. The van der Waals surface area contributed by atoms with Crippen LogP contribution in [0.1, 0.15) is 36.8 Å². The number of hydrogen-bond acceptors (Lipinski definition) is 2. The number of piperidine rings is 1. The second kappa shape index (κ2) is 8.25. The summed E-state index contributed by atoms with van der Waals surface area (Å²) in [6.45, 7) is 3.50. The molecule has 1 saturated carbocycles. The zero-order chi connectivity index (χ0) is 21.3. The van der Waals surface area contributed by atoms with Crippen molar-refractivity contribution in [3.8, 4) is 11.1 Å². The third-order valence-electron chi connectivity index (χ3n) is 6.80. The largest absolute Gasteiger partial charge is 0.348 e. The molecule has 0 spiro atoms. The summed E-state index contributed by atoms with van der Waals surface area (Å²) in [7, 11) is 3.69. The first-order valence-electron chi connectivity index (χ1n) is 11.1. The van der Waals surface area contributed by atoms with Crippen LogP contribution in [0.15, 0.2) is 48.5 Å². The molecule has 2 aromatic rings. The SMILES string of the molecule is Cc1ccccc1-c1ccccc1CC1(C(=O)N(C)C)CCN(C(=O)C2CC2)CC1. The molecule has 4 nitrogen and oxygen atoms in total. The lowest BCUT2D eigenvalue weighted by Gasteiger charge is -2.42.